The van der Waals surface area contributed by atoms with E-state index in [1.807, 2.05) is 37.3 Å². The lowest BCUT2D eigenvalue weighted by Crippen LogP contribution is -1.98. The monoisotopic (exact) mass is 331 g/mol. The Kier molecular flexibility index (Phi) is 3.16. The lowest BCUT2D eigenvalue weighted by atomic mass is 10.1. The molecule has 0 atom stereocenters. The van der Waals surface area contributed by atoms with E-state index in [0.29, 0.717) is 22.2 Å². The van der Waals surface area contributed by atoms with E-state index in [2.05, 4.69) is 20.5 Å². The van der Waals surface area contributed by atoms with E-state index >= 15 is 0 Å². The molecule has 0 aliphatic rings. The highest BCUT2D eigenvalue weighted by Crippen LogP contribution is 2.27. The third-order valence-corrected chi connectivity index (χ3v) is 4.48. The summed E-state index contributed by atoms with van der Waals surface area (Å²) in [5, 5.41) is 18.2. The van der Waals surface area contributed by atoms with Crippen LogP contribution >= 0.6 is 22.9 Å². The van der Waals surface area contributed by atoms with Gasteiger partial charge in [-0.3, -0.25) is 0 Å². The molecule has 0 saturated heterocycles. The smallest absolute Gasteiger partial charge is 0.235 e. The second kappa shape index (κ2) is 5.19. The van der Waals surface area contributed by atoms with Crippen LogP contribution in [-0.2, 0) is 6.42 Å². The summed E-state index contributed by atoms with van der Waals surface area (Å²) < 4.78 is 6.97. The van der Waals surface area contributed by atoms with Crippen molar-refractivity contribution < 1.29 is 4.52 Å². The van der Waals surface area contributed by atoms with Crippen LogP contribution in [0.25, 0.3) is 15.7 Å². The Morgan fingerprint density at radius 1 is 1.27 bits per heavy atom. The van der Waals surface area contributed by atoms with Crippen molar-refractivity contribution in [3.8, 4) is 10.8 Å². The van der Waals surface area contributed by atoms with Gasteiger partial charge in [0.2, 0.25) is 4.96 Å². The number of aromatic nitrogens is 5. The molecule has 0 unspecified atom stereocenters. The van der Waals surface area contributed by atoms with Crippen molar-refractivity contribution in [2.24, 2.45) is 0 Å². The fraction of sp³-hybridized carbons (Fsp3) is 0.143. The van der Waals surface area contributed by atoms with Gasteiger partial charge in [-0.1, -0.05) is 46.3 Å². The molecule has 0 fully saturated rings. The van der Waals surface area contributed by atoms with Crippen LogP contribution in [0.15, 0.2) is 34.9 Å². The standard InChI is InChI=1S/C14H10ClN5OS/c1-8-6-11(21-19-8)13-18-20-12(16-17-14(20)22-13)7-9-4-2-3-5-10(9)15/h2-6H,7H2,1H3. The van der Waals surface area contributed by atoms with Gasteiger partial charge in [-0.15, -0.1) is 15.3 Å². The molecule has 22 heavy (non-hydrogen) atoms. The molecular formula is C14H10ClN5OS. The summed E-state index contributed by atoms with van der Waals surface area (Å²) in [6.45, 7) is 1.87. The number of halogens is 1. The van der Waals surface area contributed by atoms with Gasteiger partial charge >= 0.3 is 0 Å². The molecule has 3 heterocycles. The predicted octanol–water partition coefficient (Wildman–Crippen LogP) is 3.39. The van der Waals surface area contributed by atoms with E-state index in [0.717, 1.165) is 22.1 Å². The zero-order chi connectivity index (χ0) is 15.1. The second-order valence-corrected chi connectivity index (χ2v) is 6.18. The van der Waals surface area contributed by atoms with Crippen molar-refractivity contribution in [1.29, 1.82) is 0 Å². The van der Waals surface area contributed by atoms with Crippen molar-refractivity contribution in [2.45, 2.75) is 13.3 Å². The molecule has 0 aliphatic heterocycles. The van der Waals surface area contributed by atoms with E-state index in [-0.39, 0.29) is 0 Å². The molecule has 0 spiro atoms. The number of fused-ring (bicyclic) bond motifs is 1. The zero-order valence-corrected chi connectivity index (χ0v) is 13.1. The fourth-order valence-electron chi connectivity index (χ4n) is 2.14. The van der Waals surface area contributed by atoms with Crippen LogP contribution in [-0.4, -0.2) is 25.0 Å². The average Bonchev–Trinajstić information content (AvgIpc) is 3.18. The molecule has 110 valence electrons. The van der Waals surface area contributed by atoms with E-state index in [1.54, 1.807) is 4.52 Å². The minimum atomic E-state index is 0.569. The highest BCUT2D eigenvalue weighted by atomic mass is 35.5. The molecule has 4 aromatic rings. The maximum atomic E-state index is 6.20. The molecule has 0 amide bonds. The van der Waals surface area contributed by atoms with Gasteiger partial charge < -0.3 is 4.52 Å². The summed E-state index contributed by atoms with van der Waals surface area (Å²) in [5.74, 6) is 1.37. The molecule has 4 rings (SSSR count). The Hall–Kier alpha value is -2.25. The number of benzene rings is 1. The third kappa shape index (κ3) is 2.28. The fourth-order valence-corrected chi connectivity index (χ4v) is 3.15. The molecule has 0 saturated carbocycles. The van der Waals surface area contributed by atoms with Gasteiger partial charge in [0.15, 0.2) is 16.6 Å². The van der Waals surface area contributed by atoms with E-state index in [1.165, 1.54) is 11.3 Å². The lowest BCUT2D eigenvalue weighted by Gasteiger charge is -2.00. The van der Waals surface area contributed by atoms with Gasteiger partial charge in [-0.2, -0.15) is 4.52 Å². The van der Waals surface area contributed by atoms with Gasteiger partial charge in [0.05, 0.1) is 5.69 Å². The first-order valence-electron chi connectivity index (χ1n) is 6.59. The number of hydrogen-bond donors (Lipinski definition) is 0. The van der Waals surface area contributed by atoms with Crippen molar-refractivity contribution >= 4 is 27.9 Å². The lowest BCUT2D eigenvalue weighted by molar-refractivity contribution is 0.426. The summed E-state index contributed by atoms with van der Waals surface area (Å²) in [4.78, 5) is 0.714. The summed E-state index contributed by atoms with van der Waals surface area (Å²) in [6, 6.07) is 9.52. The van der Waals surface area contributed by atoms with E-state index in [9.17, 15) is 0 Å². The third-order valence-electron chi connectivity index (χ3n) is 3.20. The van der Waals surface area contributed by atoms with Gasteiger partial charge in [0, 0.05) is 17.5 Å². The summed E-state index contributed by atoms with van der Waals surface area (Å²) >= 11 is 7.61. The average molecular weight is 332 g/mol. The molecule has 3 aromatic heterocycles. The van der Waals surface area contributed by atoms with Crippen molar-refractivity contribution in [2.75, 3.05) is 0 Å². The van der Waals surface area contributed by atoms with Crippen LogP contribution in [0.2, 0.25) is 5.02 Å². The molecule has 6 nitrogen and oxygen atoms in total. The SMILES string of the molecule is Cc1cc(-c2nn3c(Cc4ccccc4Cl)nnc3s2)on1. The quantitative estimate of drug-likeness (QED) is 0.575. The highest BCUT2D eigenvalue weighted by molar-refractivity contribution is 7.19. The normalized spacial score (nSPS) is 11.4. The number of rotatable bonds is 3. The minimum Gasteiger partial charge on any atom is -0.353 e. The van der Waals surface area contributed by atoms with Crippen molar-refractivity contribution in [3.05, 3.63) is 52.4 Å². The summed E-state index contributed by atoms with van der Waals surface area (Å²) in [7, 11) is 0. The van der Waals surface area contributed by atoms with Crippen LogP contribution in [0, 0.1) is 6.92 Å². The van der Waals surface area contributed by atoms with Gasteiger partial charge in [0.25, 0.3) is 0 Å². The first-order valence-corrected chi connectivity index (χ1v) is 7.78. The van der Waals surface area contributed by atoms with Crippen LogP contribution in [0.4, 0.5) is 0 Å². The van der Waals surface area contributed by atoms with Crippen LogP contribution in [0.5, 0.6) is 0 Å². The zero-order valence-electron chi connectivity index (χ0n) is 11.5. The Balaban J connectivity index is 1.73. The molecule has 0 bridgehead atoms. The molecule has 0 N–H and O–H groups in total. The number of aryl methyl sites for hydroxylation is 1. The van der Waals surface area contributed by atoms with E-state index < -0.39 is 0 Å². The molecule has 1 aromatic carbocycles. The molecular weight excluding hydrogens is 322 g/mol. The Bertz CT molecular complexity index is 957. The summed E-state index contributed by atoms with van der Waals surface area (Å²) in [6.07, 6.45) is 0.569. The number of hydrogen-bond acceptors (Lipinski definition) is 6. The Morgan fingerprint density at radius 3 is 2.91 bits per heavy atom. The maximum Gasteiger partial charge on any atom is 0.235 e. The second-order valence-electron chi connectivity index (χ2n) is 4.82. The topological polar surface area (TPSA) is 69.1 Å². The van der Waals surface area contributed by atoms with E-state index in [4.69, 9.17) is 16.1 Å². The van der Waals surface area contributed by atoms with Crippen molar-refractivity contribution in [3.63, 3.8) is 0 Å². The maximum absolute atomic E-state index is 6.20. The molecule has 8 heteroatoms. The first kappa shape index (κ1) is 13.4. The van der Waals surface area contributed by atoms with Crippen LogP contribution in [0.3, 0.4) is 0 Å². The molecule has 0 radical (unpaired) electrons. The Morgan fingerprint density at radius 2 is 2.14 bits per heavy atom. The summed E-state index contributed by atoms with van der Waals surface area (Å²) in [5.41, 5.74) is 1.81. The van der Waals surface area contributed by atoms with Crippen LogP contribution in [0.1, 0.15) is 17.1 Å². The van der Waals surface area contributed by atoms with Gasteiger partial charge in [0.1, 0.15) is 0 Å². The van der Waals surface area contributed by atoms with Crippen LogP contribution < -0.4 is 0 Å². The Labute approximate surface area is 134 Å². The highest BCUT2D eigenvalue weighted by Gasteiger charge is 2.16. The van der Waals surface area contributed by atoms with Gasteiger partial charge in [-0.05, 0) is 18.6 Å². The molecule has 0 aliphatic carbocycles. The minimum absolute atomic E-state index is 0.569. The predicted molar refractivity (Wildman–Crippen MR) is 83.2 cm³/mol. The largest absolute Gasteiger partial charge is 0.353 e. The van der Waals surface area contributed by atoms with Crippen molar-refractivity contribution in [1.82, 2.24) is 25.0 Å². The van der Waals surface area contributed by atoms with Gasteiger partial charge in [-0.25, -0.2) is 0 Å². The first-order chi connectivity index (χ1) is 10.7. The number of nitrogens with zero attached hydrogens (tertiary/aromatic N) is 5.